The van der Waals surface area contributed by atoms with E-state index in [4.69, 9.17) is 5.73 Å². The first-order valence-corrected chi connectivity index (χ1v) is 7.87. The van der Waals surface area contributed by atoms with Crippen molar-refractivity contribution < 1.29 is 0 Å². The molecular formula is C17H27N3. The van der Waals surface area contributed by atoms with Gasteiger partial charge in [-0.15, -0.1) is 0 Å². The molecule has 3 heteroatoms. The fourth-order valence-corrected chi connectivity index (χ4v) is 4.17. The maximum Gasteiger partial charge on any atom is 0.0379 e. The summed E-state index contributed by atoms with van der Waals surface area (Å²) in [7, 11) is 2.22. The van der Waals surface area contributed by atoms with E-state index in [2.05, 4.69) is 48.0 Å². The van der Waals surface area contributed by atoms with Crippen LogP contribution in [-0.4, -0.2) is 54.6 Å². The van der Waals surface area contributed by atoms with Gasteiger partial charge in [0.25, 0.3) is 0 Å². The molecule has 110 valence electrons. The number of nitrogens with two attached hydrogens (primary N) is 1. The molecular weight excluding hydrogens is 246 g/mol. The number of piperazine rings is 1. The number of hydrogen-bond acceptors (Lipinski definition) is 3. The molecule has 2 aliphatic rings. The average molecular weight is 273 g/mol. The number of hydrogen-bond donors (Lipinski definition) is 1. The standard InChI is InChI=1S/C17H27N3/c1-14-12-19(2)9-10-20(14)17(13-18)8-7-15-5-3-4-6-16(15)11-17/h3-6,14H,7-13,18H2,1-2H3. The summed E-state index contributed by atoms with van der Waals surface area (Å²) in [4.78, 5) is 5.13. The largest absolute Gasteiger partial charge is 0.329 e. The molecule has 0 saturated carbocycles. The number of aryl methyl sites for hydroxylation is 1. The predicted molar refractivity (Wildman–Crippen MR) is 83.9 cm³/mol. The summed E-state index contributed by atoms with van der Waals surface area (Å²) in [5.41, 5.74) is 9.48. The third-order valence-corrected chi connectivity index (χ3v) is 5.32. The molecule has 0 spiro atoms. The van der Waals surface area contributed by atoms with Gasteiger partial charge in [0.1, 0.15) is 0 Å². The highest BCUT2D eigenvalue weighted by Gasteiger charge is 2.42. The smallest absolute Gasteiger partial charge is 0.0379 e. The molecule has 0 amide bonds. The van der Waals surface area contributed by atoms with Gasteiger partial charge in [-0.25, -0.2) is 0 Å². The third kappa shape index (κ3) is 2.39. The Bertz CT molecular complexity index is 473. The minimum Gasteiger partial charge on any atom is -0.329 e. The Kier molecular flexibility index (Phi) is 3.85. The van der Waals surface area contributed by atoms with Crippen molar-refractivity contribution in [3.63, 3.8) is 0 Å². The maximum atomic E-state index is 6.27. The fourth-order valence-electron chi connectivity index (χ4n) is 4.17. The first-order valence-electron chi connectivity index (χ1n) is 7.87. The zero-order valence-electron chi connectivity index (χ0n) is 12.8. The molecule has 1 aromatic carbocycles. The van der Waals surface area contributed by atoms with E-state index in [1.54, 1.807) is 0 Å². The van der Waals surface area contributed by atoms with E-state index in [0.29, 0.717) is 6.04 Å². The number of nitrogens with zero attached hydrogens (tertiary/aromatic N) is 2. The van der Waals surface area contributed by atoms with E-state index in [-0.39, 0.29) is 5.54 Å². The molecule has 20 heavy (non-hydrogen) atoms. The molecule has 1 aliphatic carbocycles. The van der Waals surface area contributed by atoms with Gasteiger partial charge in [-0.05, 0) is 44.4 Å². The van der Waals surface area contributed by atoms with Crippen molar-refractivity contribution in [1.29, 1.82) is 0 Å². The van der Waals surface area contributed by atoms with E-state index >= 15 is 0 Å². The molecule has 0 radical (unpaired) electrons. The van der Waals surface area contributed by atoms with Gasteiger partial charge < -0.3 is 10.6 Å². The summed E-state index contributed by atoms with van der Waals surface area (Å²) < 4.78 is 0. The van der Waals surface area contributed by atoms with E-state index < -0.39 is 0 Å². The summed E-state index contributed by atoms with van der Waals surface area (Å²) in [5.74, 6) is 0. The molecule has 1 saturated heterocycles. The number of likely N-dealkylation sites (N-methyl/N-ethyl adjacent to an activating group) is 1. The lowest BCUT2D eigenvalue weighted by molar-refractivity contribution is -0.00484. The molecule has 1 fully saturated rings. The molecule has 3 nitrogen and oxygen atoms in total. The normalized spacial score (nSPS) is 32.0. The van der Waals surface area contributed by atoms with Crippen LogP contribution in [0.25, 0.3) is 0 Å². The Morgan fingerprint density at radius 3 is 2.70 bits per heavy atom. The van der Waals surface area contributed by atoms with Gasteiger partial charge in [0.15, 0.2) is 0 Å². The number of benzene rings is 1. The molecule has 0 bridgehead atoms. The van der Waals surface area contributed by atoms with E-state index in [1.165, 1.54) is 24.0 Å². The van der Waals surface area contributed by atoms with Crippen molar-refractivity contribution in [3.8, 4) is 0 Å². The Morgan fingerprint density at radius 1 is 1.25 bits per heavy atom. The Labute approximate surface area is 122 Å². The summed E-state index contributed by atoms with van der Waals surface area (Å²) in [5, 5.41) is 0. The van der Waals surface area contributed by atoms with Crippen molar-refractivity contribution >= 4 is 0 Å². The molecule has 1 aliphatic heterocycles. The molecule has 3 rings (SSSR count). The maximum absolute atomic E-state index is 6.27. The van der Waals surface area contributed by atoms with Gasteiger partial charge in [-0.1, -0.05) is 24.3 Å². The first-order chi connectivity index (χ1) is 9.64. The van der Waals surface area contributed by atoms with Crippen LogP contribution in [0.5, 0.6) is 0 Å². The molecule has 2 atom stereocenters. The molecule has 1 heterocycles. The predicted octanol–water partition coefficient (Wildman–Crippen LogP) is 1.51. The number of fused-ring (bicyclic) bond motifs is 1. The first kappa shape index (κ1) is 14.1. The van der Waals surface area contributed by atoms with E-state index in [9.17, 15) is 0 Å². The highest BCUT2D eigenvalue weighted by molar-refractivity contribution is 5.32. The second kappa shape index (κ2) is 5.47. The van der Waals surface area contributed by atoms with Gasteiger partial charge in [-0.3, -0.25) is 4.90 Å². The Hall–Kier alpha value is -0.900. The minimum absolute atomic E-state index is 0.176. The zero-order valence-corrected chi connectivity index (χ0v) is 12.8. The SMILES string of the molecule is CC1CN(C)CCN1C1(CN)CCc2ccccc2C1. The van der Waals surface area contributed by atoms with Crippen LogP contribution in [0, 0.1) is 0 Å². The van der Waals surface area contributed by atoms with Crippen molar-refractivity contribution in [3.05, 3.63) is 35.4 Å². The summed E-state index contributed by atoms with van der Waals surface area (Å²) in [6.45, 7) is 6.59. The minimum atomic E-state index is 0.176. The Balaban J connectivity index is 1.86. The van der Waals surface area contributed by atoms with Gasteiger partial charge in [0, 0.05) is 37.8 Å². The van der Waals surface area contributed by atoms with Crippen LogP contribution in [0.4, 0.5) is 0 Å². The summed E-state index contributed by atoms with van der Waals surface area (Å²) in [6, 6.07) is 9.50. The van der Waals surface area contributed by atoms with Crippen LogP contribution in [-0.2, 0) is 12.8 Å². The monoisotopic (exact) mass is 273 g/mol. The van der Waals surface area contributed by atoms with Crippen LogP contribution in [0.15, 0.2) is 24.3 Å². The van der Waals surface area contributed by atoms with E-state index in [1.807, 2.05) is 0 Å². The summed E-state index contributed by atoms with van der Waals surface area (Å²) in [6.07, 6.45) is 3.49. The quantitative estimate of drug-likeness (QED) is 0.886. The van der Waals surface area contributed by atoms with Crippen LogP contribution in [0.3, 0.4) is 0 Å². The topological polar surface area (TPSA) is 32.5 Å². The highest BCUT2D eigenvalue weighted by atomic mass is 15.3. The van der Waals surface area contributed by atoms with Crippen molar-refractivity contribution in [2.24, 2.45) is 5.73 Å². The van der Waals surface area contributed by atoms with Gasteiger partial charge in [-0.2, -0.15) is 0 Å². The Morgan fingerprint density at radius 2 is 2.00 bits per heavy atom. The van der Waals surface area contributed by atoms with Gasteiger partial charge in [0.2, 0.25) is 0 Å². The lowest BCUT2D eigenvalue weighted by Gasteiger charge is -2.52. The fraction of sp³-hybridized carbons (Fsp3) is 0.647. The highest BCUT2D eigenvalue weighted by Crippen LogP contribution is 2.34. The average Bonchev–Trinajstić information content (AvgIpc) is 2.46. The molecule has 1 aromatic rings. The van der Waals surface area contributed by atoms with Crippen molar-refractivity contribution in [2.75, 3.05) is 33.2 Å². The van der Waals surface area contributed by atoms with Crippen LogP contribution < -0.4 is 5.73 Å². The molecule has 2 N–H and O–H groups in total. The lowest BCUT2D eigenvalue weighted by Crippen LogP contribution is -2.65. The zero-order chi connectivity index (χ0) is 14.2. The summed E-state index contributed by atoms with van der Waals surface area (Å²) >= 11 is 0. The van der Waals surface area contributed by atoms with Gasteiger partial charge in [0.05, 0.1) is 0 Å². The molecule has 0 aromatic heterocycles. The van der Waals surface area contributed by atoms with Crippen LogP contribution in [0.2, 0.25) is 0 Å². The van der Waals surface area contributed by atoms with Crippen molar-refractivity contribution in [2.45, 2.75) is 37.8 Å². The van der Waals surface area contributed by atoms with Crippen LogP contribution >= 0.6 is 0 Å². The van der Waals surface area contributed by atoms with Crippen LogP contribution in [0.1, 0.15) is 24.5 Å². The third-order valence-electron chi connectivity index (χ3n) is 5.32. The van der Waals surface area contributed by atoms with Gasteiger partial charge >= 0.3 is 0 Å². The second-order valence-corrected chi connectivity index (χ2v) is 6.68. The van der Waals surface area contributed by atoms with E-state index in [0.717, 1.165) is 32.6 Å². The molecule has 2 unspecified atom stereocenters. The van der Waals surface area contributed by atoms with Crippen molar-refractivity contribution in [1.82, 2.24) is 9.80 Å². The lowest BCUT2D eigenvalue weighted by atomic mass is 9.76. The number of rotatable bonds is 2. The second-order valence-electron chi connectivity index (χ2n) is 6.68.